The lowest BCUT2D eigenvalue weighted by Gasteiger charge is -2.23. The molecule has 0 N–H and O–H groups in total. The Balaban J connectivity index is 1.87. The van der Waals surface area contributed by atoms with E-state index in [0.717, 1.165) is 24.2 Å². The highest BCUT2D eigenvalue weighted by molar-refractivity contribution is 5.45. The number of nitrogens with zero attached hydrogens (tertiary/aromatic N) is 5. The normalized spacial score (nSPS) is 13.7. The molecule has 1 aromatic heterocycles. The third-order valence-electron chi connectivity index (χ3n) is 3.81. The van der Waals surface area contributed by atoms with E-state index < -0.39 is 0 Å². The summed E-state index contributed by atoms with van der Waals surface area (Å²) in [4.78, 5) is 23.6. The second-order valence-corrected chi connectivity index (χ2v) is 5.90. The first-order valence-corrected chi connectivity index (χ1v) is 7.55. The zero-order chi connectivity index (χ0) is 16.4. The predicted molar refractivity (Wildman–Crippen MR) is 88.7 cm³/mol. The Morgan fingerprint density at radius 3 is 2.74 bits per heavy atom. The van der Waals surface area contributed by atoms with Crippen molar-refractivity contribution < 1.29 is 4.92 Å². The summed E-state index contributed by atoms with van der Waals surface area (Å²) in [5.74, 6) is 1.52. The Hall–Kier alpha value is -2.70. The number of rotatable bonds is 6. The fraction of sp³-hybridized carbons (Fsp3) is 0.375. The average molecular weight is 313 g/mol. The molecule has 23 heavy (non-hydrogen) atoms. The van der Waals surface area contributed by atoms with Crippen LogP contribution in [0.4, 0.5) is 17.5 Å². The van der Waals surface area contributed by atoms with Gasteiger partial charge in [0.15, 0.2) is 0 Å². The second kappa shape index (κ2) is 6.20. The number of benzene rings is 1. The third kappa shape index (κ3) is 3.56. The number of nitro groups is 1. The van der Waals surface area contributed by atoms with Gasteiger partial charge in [0.05, 0.1) is 4.92 Å². The zero-order valence-corrected chi connectivity index (χ0v) is 13.2. The van der Waals surface area contributed by atoms with E-state index in [-0.39, 0.29) is 10.6 Å². The Labute approximate surface area is 134 Å². The SMILES string of the molecule is CN(C)c1ccnc(N(Cc2cccc([N+](=O)[O-])c2)C2CC2)n1. The molecule has 0 unspecified atom stereocenters. The smallest absolute Gasteiger partial charge is 0.269 e. The van der Waals surface area contributed by atoms with Crippen LogP contribution in [-0.4, -0.2) is 35.0 Å². The van der Waals surface area contributed by atoms with Crippen molar-refractivity contribution in [3.63, 3.8) is 0 Å². The Bertz CT molecular complexity index is 715. The maximum absolute atomic E-state index is 10.9. The summed E-state index contributed by atoms with van der Waals surface area (Å²) >= 11 is 0. The third-order valence-corrected chi connectivity index (χ3v) is 3.81. The molecule has 1 aliphatic carbocycles. The van der Waals surface area contributed by atoms with Crippen molar-refractivity contribution in [1.82, 2.24) is 9.97 Å². The summed E-state index contributed by atoms with van der Waals surface area (Å²) in [6, 6.07) is 9.02. The molecule has 1 aromatic carbocycles. The molecule has 0 saturated heterocycles. The molecule has 120 valence electrons. The molecule has 1 aliphatic rings. The molecule has 7 nitrogen and oxygen atoms in total. The molecule has 0 amide bonds. The Morgan fingerprint density at radius 1 is 1.30 bits per heavy atom. The van der Waals surface area contributed by atoms with Gasteiger partial charge < -0.3 is 9.80 Å². The van der Waals surface area contributed by atoms with Crippen molar-refractivity contribution in [1.29, 1.82) is 0 Å². The van der Waals surface area contributed by atoms with Crippen LogP contribution in [-0.2, 0) is 6.54 Å². The van der Waals surface area contributed by atoms with Crippen LogP contribution < -0.4 is 9.80 Å². The summed E-state index contributed by atoms with van der Waals surface area (Å²) in [7, 11) is 3.88. The van der Waals surface area contributed by atoms with Crippen LogP contribution >= 0.6 is 0 Å². The monoisotopic (exact) mass is 313 g/mol. The van der Waals surface area contributed by atoms with Gasteiger partial charge in [0.1, 0.15) is 5.82 Å². The van der Waals surface area contributed by atoms with E-state index in [1.165, 1.54) is 6.07 Å². The number of nitro benzene ring substituents is 1. The summed E-state index contributed by atoms with van der Waals surface area (Å²) in [6.45, 7) is 0.573. The summed E-state index contributed by atoms with van der Waals surface area (Å²) in [5.41, 5.74) is 1.01. The lowest BCUT2D eigenvalue weighted by molar-refractivity contribution is -0.384. The van der Waals surface area contributed by atoms with Gasteiger partial charge >= 0.3 is 0 Å². The lowest BCUT2D eigenvalue weighted by Crippen LogP contribution is -2.27. The van der Waals surface area contributed by atoms with Gasteiger partial charge in [0.2, 0.25) is 5.95 Å². The van der Waals surface area contributed by atoms with Gasteiger partial charge in [-0.3, -0.25) is 10.1 Å². The molecule has 1 saturated carbocycles. The van der Waals surface area contributed by atoms with Crippen LogP contribution in [0, 0.1) is 10.1 Å². The first kappa shape index (κ1) is 15.2. The maximum Gasteiger partial charge on any atom is 0.269 e. The number of aromatic nitrogens is 2. The van der Waals surface area contributed by atoms with Gasteiger partial charge in [0, 0.05) is 45.0 Å². The van der Waals surface area contributed by atoms with Crippen molar-refractivity contribution in [2.75, 3.05) is 23.9 Å². The maximum atomic E-state index is 10.9. The molecule has 3 rings (SSSR count). The molecule has 2 aromatic rings. The van der Waals surface area contributed by atoms with Crippen molar-refractivity contribution in [2.45, 2.75) is 25.4 Å². The fourth-order valence-corrected chi connectivity index (χ4v) is 2.44. The highest BCUT2D eigenvalue weighted by atomic mass is 16.6. The molecule has 0 bridgehead atoms. The van der Waals surface area contributed by atoms with E-state index in [1.54, 1.807) is 18.3 Å². The van der Waals surface area contributed by atoms with Crippen molar-refractivity contribution in [3.05, 3.63) is 52.2 Å². The van der Waals surface area contributed by atoms with E-state index in [1.807, 2.05) is 31.1 Å². The predicted octanol–water partition coefficient (Wildman–Crippen LogP) is 2.62. The summed E-state index contributed by atoms with van der Waals surface area (Å²) < 4.78 is 0. The van der Waals surface area contributed by atoms with Crippen LogP contribution in [0.2, 0.25) is 0 Å². The topological polar surface area (TPSA) is 75.4 Å². The molecule has 0 spiro atoms. The Morgan fingerprint density at radius 2 is 2.09 bits per heavy atom. The fourth-order valence-electron chi connectivity index (χ4n) is 2.44. The number of hydrogen-bond donors (Lipinski definition) is 0. The van der Waals surface area contributed by atoms with E-state index in [4.69, 9.17) is 0 Å². The number of hydrogen-bond acceptors (Lipinski definition) is 6. The molecular formula is C16H19N5O2. The quantitative estimate of drug-likeness (QED) is 0.603. The summed E-state index contributed by atoms with van der Waals surface area (Å²) in [6.07, 6.45) is 3.95. The first-order valence-electron chi connectivity index (χ1n) is 7.55. The molecule has 1 fully saturated rings. The summed E-state index contributed by atoms with van der Waals surface area (Å²) in [5, 5.41) is 10.9. The van der Waals surface area contributed by atoms with Crippen LogP contribution in [0.3, 0.4) is 0 Å². The minimum atomic E-state index is -0.367. The van der Waals surface area contributed by atoms with Crippen molar-refractivity contribution in [2.24, 2.45) is 0 Å². The molecular weight excluding hydrogens is 294 g/mol. The van der Waals surface area contributed by atoms with Crippen LogP contribution in [0.25, 0.3) is 0 Å². The highest BCUT2D eigenvalue weighted by Gasteiger charge is 2.31. The molecule has 7 heteroatoms. The van der Waals surface area contributed by atoms with Crippen LogP contribution in [0.5, 0.6) is 0 Å². The minimum absolute atomic E-state index is 0.112. The van der Waals surface area contributed by atoms with Gasteiger partial charge in [-0.05, 0) is 24.5 Å². The van der Waals surface area contributed by atoms with E-state index in [9.17, 15) is 10.1 Å². The molecule has 0 atom stereocenters. The average Bonchev–Trinajstić information content (AvgIpc) is 3.37. The lowest BCUT2D eigenvalue weighted by atomic mass is 10.2. The van der Waals surface area contributed by atoms with Gasteiger partial charge in [-0.25, -0.2) is 4.98 Å². The van der Waals surface area contributed by atoms with Crippen LogP contribution in [0.15, 0.2) is 36.5 Å². The van der Waals surface area contributed by atoms with E-state index in [0.29, 0.717) is 18.5 Å². The van der Waals surface area contributed by atoms with Gasteiger partial charge in [-0.2, -0.15) is 4.98 Å². The molecule has 1 heterocycles. The largest absolute Gasteiger partial charge is 0.363 e. The number of anilines is 2. The standard InChI is InChI=1S/C16H19N5O2/c1-19(2)15-8-9-17-16(18-15)20(13-6-7-13)11-12-4-3-5-14(10-12)21(22)23/h3-5,8-10,13H,6-7,11H2,1-2H3. The first-order chi connectivity index (χ1) is 11.0. The zero-order valence-electron chi connectivity index (χ0n) is 13.2. The Kier molecular flexibility index (Phi) is 4.10. The van der Waals surface area contributed by atoms with Gasteiger partial charge in [-0.15, -0.1) is 0 Å². The minimum Gasteiger partial charge on any atom is -0.363 e. The second-order valence-electron chi connectivity index (χ2n) is 5.90. The van der Waals surface area contributed by atoms with Crippen LogP contribution in [0.1, 0.15) is 18.4 Å². The molecule has 0 aliphatic heterocycles. The van der Waals surface area contributed by atoms with Crippen molar-refractivity contribution in [3.8, 4) is 0 Å². The van der Waals surface area contributed by atoms with Crippen molar-refractivity contribution >= 4 is 17.5 Å². The van der Waals surface area contributed by atoms with Gasteiger partial charge in [-0.1, -0.05) is 12.1 Å². The molecule has 0 radical (unpaired) electrons. The van der Waals surface area contributed by atoms with E-state index >= 15 is 0 Å². The van der Waals surface area contributed by atoms with Gasteiger partial charge in [0.25, 0.3) is 5.69 Å². The van der Waals surface area contributed by atoms with E-state index in [2.05, 4.69) is 14.9 Å². The number of non-ortho nitro benzene ring substituents is 1. The highest BCUT2D eigenvalue weighted by Crippen LogP contribution is 2.32.